The van der Waals surface area contributed by atoms with E-state index in [1.807, 2.05) is 7.05 Å². The fourth-order valence-corrected chi connectivity index (χ4v) is 2.09. The lowest BCUT2D eigenvalue weighted by Gasteiger charge is -2.32. The Kier molecular flexibility index (Phi) is 4.72. The maximum absolute atomic E-state index is 13.8. The Morgan fingerprint density at radius 1 is 1.35 bits per heavy atom. The number of likely N-dealkylation sites (N-methyl/N-ethyl adjacent to an activating group) is 1. The van der Waals surface area contributed by atoms with Gasteiger partial charge in [0.1, 0.15) is 12.4 Å². The third kappa shape index (κ3) is 3.35. The number of amides is 1. The van der Waals surface area contributed by atoms with E-state index in [9.17, 15) is 9.18 Å². The van der Waals surface area contributed by atoms with Gasteiger partial charge < -0.3 is 14.9 Å². The van der Waals surface area contributed by atoms with Crippen LogP contribution in [0, 0.1) is 17.7 Å². The molecular formula is C15H17FN2O2. The average Bonchev–Trinajstić information content (AvgIpc) is 2.46. The van der Waals surface area contributed by atoms with Crippen LogP contribution in [0.1, 0.15) is 15.9 Å². The quantitative estimate of drug-likeness (QED) is 0.762. The third-order valence-electron chi connectivity index (χ3n) is 3.30. The van der Waals surface area contributed by atoms with Gasteiger partial charge in [-0.15, -0.1) is 0 Å². The van der Waals surface area contributed by atoms with E-state index in [4.69, 9.17) is 5.11 Å². The number of hydrogen-bond acceptors (Lipinski definition) is 3. The molecule has 1 N–H and O–H groups in total. The van der Waals surface area contributed by atoms with Crippen LogP contribution < -0.4 is 0 Å². The second-order valence-corrected chi connectivity index (χ2v) is 4.75. The summed E-state index contributed by atoms with van der Waals surface area (Å²) < 4.78 is 13.8. The second kappa shape index (κ2) is 6.51. The Morgan fingerprint density at radius 3 is 2.70 bits per heavy atom. The molecule has 4 nitrogen and oxygen atoms in total. The number of benzene rings is 1. The number of rotatable bonds is 1. The molecule has 1 saturated heterocycles. The van der Waals surface area contributed by atoms with E-state index in [1.165, 1.54) is 18.2 Å². The van der Waals surface area contributed by atoms with Gasteiger partial charge in [0.2, 0.25) is 0 Å². The highest BCUT2D eigenvalue weighted by atomic mass is 19.1. The van der Waals surface area contributed by atoms with Crippen LogP contribution in [-0.2, 0) is 0 Å². The summed E-state index contributed by atoms with van der Waals surface area (Å²) in [5.74, 6) is 4.33. The molecule has 1 heterocycles. The minimum atomic E-state index is -0.538. The van der Waals surface area contributed by atoms with Gasteiger partial charge in [0.15, 0.2) is 0 Å². The first kappa shape index (κ1) is 14.5. The van der Waals surface area contributed by atoms with Crippen molar-refractivity contribution in [3.63, 3.8) is 0 Å². The van der Waals surface area contributed by atoms with Crippen molar-refractivity contribution >= 4 is 5.91 Å². The molecule has 0 spiro atoms. The SMILES string of the molecule is CN1CCN(C(=O)c2cc(C#CCO)ccc2F)CC1. The Balaban J connectivity index is 2.20. The first-order valence-corrected chi connectivity index (χ1v) is 6.49. The molecule has 1 aromatic carbocycles. The second-order valence-electron chi connectivity index (χ2n) is 4.75. The van der Waals surface area contributed by atoms with Crippen molar-refractivity contribution in [2.24, 2.45) is 0 Å². The van der Waals surface area contributed by atoms with Gasteiger partial charge in [-0.05, 0) is 25.2 Å². The molecule has 106 valence electrons. The number of aliphatic hydroxyl groups is 1. The van der Waals surface area contributed by atoms with Crippen molar-refractivity contribution in [1.29, 1.82) is 0 Å². The first-order chi connectivity index (χ1) is 9.61. The Hall–Kier alpha value is -1.90. The van der Waals surface area contributed by atoms with Gasteiger partial charge in [-0.3, -0.25) is 4.79 Å². The predicted octanol–water partition coefficient (Wildman–Crippen LogP) is 0.557. The molecule has 5 heteroatoms. The average molecular weight is 276 g/mol. The van der Waals surface area contributed by atoms with E-state index < -0.39 is 5.82 Å². The predicted molar refractivity (Wildman–Crippen MR) is 73.8 cm³/mol. The summed E-state index contributed by atoms with van der Waals surface area (Å²) in [4.78, 5) is 16.1. The summed E-state index contributed by atoms with van der Waals surface area (Å²) in [7, 11) is 1.99. The summed E-state index contributed by atoms with van der Waals surface area (Å²) in [6.45, 7) is 2.51. The molecule has 1 amide bonds. The van der Waals surface area contributed by atoms with Crippen LogP contribution in [0.5, 0.6) is 0 Å². The molecule has 1 aromatic rings. The normalized spacial score (nSPS) is 15.7. The van der Waals surface area contributed by atoms with Crippen LogP contribution in [0.3, 0.4) is 0 Å². The van der Waals surface area contributed by atoms with Crippen molar-refractivity contribution in [1.82, 2.24) is 9.80 Å². The molecule has 1 fully saturated rings. The largest absolute Gasteiger partial charge is 0.384 e. The molecule has 0 saturated carbocycles. The lowest BCUT2D eigenvalue weighted by atomic mass is 10.1. The lowest BCUT2D eigenvalue weighted by Crippen LogP contribution is -2.47. The monoisotopic (exact) mass is 276 g/mol. The van der Waals surface area contributed by atoms with Crippen molar-refractivity contribution in [3.8, 4) is 11.8 Å². The number of hydrogen-bond donors (Lipinski definition) is 1. The van der Waals surface area contributed by atoms with Crippen LogP contribution in [0.25, 0.3) is 0 Å². The first-order valence-electron chi connectivity index (χ1n) is 6.49. The highest BCUT2D eigenvalue weighted by Gasteiger charge is 2.22. The zero-order valence-corrected chi connectivity index (χ0v) is 11.4. The highest BCUT2D eigenvalue weighted by molar-refractivity contribution is 5.95. The van der Waals surface area contributed by atoms with Gasteiger partial charge in [-0.2, -0.15) is 0 Å². The maximum atomic E-state index is 13.8. The van der Waals surface area contributed by atoms with Crippen molar-refractivity contribution in [3.05, 3.63) is 35.1 Å². The molecule has 1 aliphatic heterocycles. The zero-order chi connectivity index (χ0) is 14.5. The molecule has 0 aromatic heterocycles. The van der Waals surface area contributed by atoms with Crippen molar-refractivity contribution in [2.45, 2.75) is 0 Å². The van der Waals surface area contributed by atoms with Crippen molar-refractivity contribution in [2.75, 3.05) is 39.8 Å². The highest BCUT2D eigenvalue weighted by Crippen LogP contribution is 2.14. The molecule has 0 aliphatic carbocycles. The maximum Gasteiger partial charge on any atom is 0.256 e. The smallest absolute Gasteiger partial charge is 0.256 e. The summed E-state index contributed by atoms with van der Waals surface area (Å²) in [5.41, 5.74) is 0.567. The van der Waals surface area contributed by atoms with Crippen molar-refractivity contribution < 1.29 is 14.3 Å². The van der Waals surface area contributed by atoms with Gasteiger partial charge in [-0.1, -0.05) is 11.8 Å². The van der Waals surface area contributed by atoms with E-state index in [-0.39, 0.29) is 18.1 Å². The Morgan fingerprint density at radius 2 is 2.05 bits per heavy atom. The van der Waals surface area contributed by atoms with Crippen LogP contribution in [0.15, 0.2) is 18.2 Å². The van der Waals surface area contributed by atoms with Gasteiger partial charge in [0.25, 0.3) is 5.91 Å². The Bertz CT molecular complexity index is 555. The summed E-state index contributed by atoms with van der Waals surface area (Å²) in [5, 5.41) is 8.66. The minimum absolute atomic E-state index is 0.0410. The standard InChI is InChI=1S/C15H17FN2O2/c1-17-6-8-18(9-7-17)15(20)13-11-12(3-2-10-19)4-5-14(13)16/h4-5,11,19H,6-10H2,1H3. The molecule has 20 heavy (non-hydrogen) atoms. The molecule has 0 unspecified atom stereocenters. The zero-order valence-electron chi connectivity index (χ0n) is 11.4. The topological polar surface area (TPSA) is 43.8 Å². The van der Waals surface area contributed by atoms with Crippen LogP contribution in [0.2, 0.25) is 0 Å². The third-order valence-corrected chi connectivity index (χ3v) is 3.30. The molecule has 0 radical (unpaired) electrons. The van der Waals surface area contributed by atoms with Gasteiger partial charge >= 0.3 is 0 Å². The van der Waals surface area contributed by atoms with E-state index >= 15 is 0 Å². The van der Waals surface area contributed by atoms with Crippen LogP contribution >= 0.6 is 0 Å². The van der Waals surface area contributed by atoms with Gasteiger partial charge in [0, 0.05) is 31.7 Å². The minimum Gasteiger partial charge on any atom is -0.384 e. The van der Waals surface area contributed by atoms with Gasteiger partial charge in [-0.25, -0.2) is 4.39 Å². The number of carbonyl (C=O) groups excluding carboxylic acids is 1. The fraction of sp³-hybridized carbons (Fsp3) is 0.400. The van der Waals surface area contributed by atoms with Crippen LogP contribution in [-0.4, -0.2) is 60.6 Å². The molecule has 0 bridgehead atoms. The number of aliphatic hydroxyl groups excluding tert-OH is 1. The lowest BCUT2D eigenvalue weighted by molar-refractivity contribution is 0.0659. The fourth-order valence-electron chi connectivity index (χ4n) is 2.09. The van der Waals surface area contributed by atoms with E-state index in [0.717, 1.165) is 13.1 Å². The summed E-state index contributed by atoms with van der Waals surface area (Å²) >= 11 is 0. The molecule has 2 rings (SSSR count). The summed E-state index contributed by atoms with van der Waals surface area (Å²) in [6, 6.07) is 4.18. The number of carbonyl (C=O) groups is 1. The van der Waals surface area contributed by atoms with E-state index in [0.29, 0.717) is 18.7 Å². The molecule has 1 aliphatic rings. The number of halogens is 1. The van der Waals surface area contributed by atoms with E-state index in [2.05, 4.69) is 16.7 Å². The summed E-state index contributed by atoms with van der Waals surface area (Å²) in [6.07, 6.45) is 0. The molecule has 0 atom stereocenters. The number of piperazine rings is 1. The van der Waals surface area contributed by atoms with Crippen LogP contribution in [0.4, 0.5) is 4.39 Å². The van der Waals surface area contributed by atoms with E-state index in [1.54, 1.807) is 4.90 Å². The van der Waals surface area contributed by atoms with Gasteiger partial charge in [0.05, 0.1) is 5.56 Å². The number of nitrogens with zero attached hydrogens (tertiary/aromatic N) is 2. The molecular weight excluding hydrogens is 259 g/mol. The Labute approximate surface area is 117 Å².